The minimum atomic E-state index is 0.462. The van der Waals surface area contributed by atoms with Crippen molar-refractivity contribution in [1.82, 2.24) is 10.6 Å². The zero-order valence-corrected chi connectivity index (χ0v) is 35.2. The van der Waals surface area contributed by atoms with E-state index in [4.69, 9.17) is 0 Å². The van der Waals surface area contributed by atoms with Crippen LogP contribution >= 0.6 is 0 Å². The number of rotatable bonds is 11. The molecule has 0 aliphatic heterocycles. The van der Waals surface area contributed by atoms with Crippen molar-refractivity contribution in [1.29, 1.82) is 0 Å². The molecule has 8 N–H and O–H groups in total. The Kier molecular flexibility index (Phi) is 19.1. The number of aryl methyl sites for hydroxylation is 1. The fourth-order valence-electron chi connectivity index (χ4n) is 7.44. The molecule has 1 fully saturated rings. The van der Waals surface area contributed by atoms with Gasteiger partial charge in [0.15, 0.2) is 0 Å². The molecule has 8 nitrogen and oxygen atoms in total. The summed E-state index contributed by atoms with van der Waals surface area (Å²) in [6, 6.07) is 30.2. The minimum absolute atomic E-state index is 0.462. The first-order valence-corrected chi connectivity index (χ1v) is 19.1. The Hall–Kier alpha value is -4.40. The van der Waals surface area contributed by atoms with Crippen LogP contribution in [0.1, 0.15) is 62.3 Å². The molecule has 1 aliphatic rings. The lowest BCUT2D eigenvalue weighted by atomic mass is 9.62. The van der Waals surface area contributed by atoms with Gasteiger partial charge in [0, 0.05) is 89.0 Å². The van der Waals surface area contributed by atoms with E-state index in [9.17, 15) is 0 Å². The molecule has 4 aromatic carbocycles. The molecular formula is C45H72N8. The molecule has 1 aliphatic carbocycles. The SMILES string of the molecule is CNCC1(C)CC(NC)CC(C)(C)C1.CNc1ccc(C)c(NC)c1.CNc1ccc(Cc2ccc(NC)cc2)cc1.CNc1cccc(NC)c1C. The highest BCUT2D eigenvalue weighted by Crippen LogP contribution is 2.45. The maximum atomic E-state index is 3.45. The van der Waals surface area contributed by atoms with Gasteiger partial charge in [-0.2, -0.15) is 0 Å². The average molecular weight is 725 g/mol. The van der Waals surface area contributed by atoms with Gasteiger partial charge in [-0.05, 0) is 135 Å². The molecule has 53 heavy (non-hydrogen) atoms. The van der Waals surface area contributed by atoms with Gasteiger partial charge in [-0.1, -0.05) is 57.2 Å². The highest BCUT2D eigenvalue weighted by Gasteiger charge is 2.40. The van der Waals surface area contributed by atoms with Crippen LogP contribution in [0.15, 0.2) is 84.9 Å². The van der Waals surface area contributed by atoms with Crippen LogP contribution in [0.3, 0.4) is 0 Å². The van der Waals surface area contributed by atoms with E-state index in [0.717, 1.165) is 30.0 Å². The Morgan fingerprint density at radius 1 is 0.547 bits per heavy atom. The number of anilines is 6. The molecule has 0 aromatic heterocycles. The van der Waals surface area contributed by atoms with E-state index in [2.05, 4.69) is 170 Å². The smallest absolute Gasteiger partial charge is 0.0388 e. The molecule has 4 aromatic rings. The second-order valence-corrected chi connectivity index (χ2v) is 15.2. The van der Waals surface area contributed by atoms with Crippen molar-refractivity contribution in [3.8, 4) is 0 Å². The van der Waals surface area contributed by atoms with Crippen molar-refractivity contribution in [2.24, 2.45) is 10.8 Å². The van der Waals surface area contributed by atoms with Gasteiger partial charge < -0.3 is 42.5 Å². The monoisotopic (exact) mass is 725 g/mol. The molecule has 0 spiro atoms. The molecule has 8 heteroatoms. The molecule has 2 unspecified atom stereocenters. The van der Waals surface area contributed by atoms with E-state index in [1.807, 2.05) is 48.4 Å². The van der Waals surface area contributed by atoms with Crippen molar-refractivity contribution in [3.63, 3.8) is 0 Å². The summed E-state index contributed by atoms with van der Waals surface area (Å²) in [6.45, 7) is 12.5. The van der Waals surface area contributed by atoms with Crippen LogP contribution in [0.25, 0.3) is 0 Å². The van der Waals surface area contributed by atoms with Crippen LogP contribution in [0.4, 0.5) is 34.1 Å². The molecule has 0 radical (unpaired) electrons. The lowest BCUT2D eigenvalue weighted by molar-refractivity contribution is 0.0746. The zero-order chi connectivity index (χ0) is 39.4. The van der Waals surface area contributed by atoms with Gasteiger partial charge in [0.05, 0.1) is 0 Å². The second-order valence-electron chi connectivity index (χ2n) is 15.2. The summed E-state index contributed by atoms with van der Waals surface area (Å²) in [5, 5.41) is 25.5. The number of nitrogens with one attached hydrogen (secondary N) is 8. The van der Waals surface area contributed by atoms with E-state index >= 15 is 0 Å². The van der Waals surface area contributed by atoms with Gasteiger partial charge in [-0.3, -0.25) is 0 Å². The van der Waals surface area contributed by atoms with Crippen molar-refractivity contribution in [2.75, 3.05) is 94.8 Å². The molecule has 0 bridgehead atoms. The summed E-state index contributed by atoms with van der Waals surface area (Å²) < 4.78 is 0. The Labute approximate surface area is 323 Å². The maximum Gasteiger partial charge on any atom is 0.0388 e. The summed E-state index contributed by atoms with van der Waals surface area (Å²) in [5.74, 6) is 0. The normalized spacial score (nSPS) is 16.9. The Balaban J connectivity index is 0.000000249. The van der Waals surface area contributed by atoms with Crippen molar-refractivity contribution >= 4 is 34.1 Å². The van der Waals surface area contributed by atoms with Crippen LogP contribution in [0.5, 0.6) is 0 Å². The van der Waals surface area contributed by atoms with E-state index in [0.29, 0.717) is 16.9 Å². The van der Waals surface area contributed by atoms with Crippen LogP contribution in [-0.2, 0) is 6.42 Å². The van der Waals surface area contributed by atoms with Gasteiger partial charge in [-0.25, -0.2) is 0 Å². The second kappa shape index (κ2) is 22.6. The number of hydrogen-bond acceptors (Lipinski definition) is 8. The first kappa shape index (κ1) is 44.8. The molecule has 0 amide bonds. The predicted octanol–water partition coefficient (Wildman–Crippen LogP) is 9.53. The largest absolute Gasteiger partial charge is 0.388 e. The third-order valence-electron chi connectivity index (χ3n) is 10.0. The first-order chi connectivity index (χ1) is 25.3. The van der Waals surface area contributed by atoms with Crippen molar-refractivity contribution in [2.45, 2.75) is 66.3 Å². The summed E-state index contributed by atoms with van der Waals surface area (Å²) in [7, 11) is 15.7. The summed E-state index contributed by atoms with van der Waals surface area (Å²) in [6.07, 6.45) is 4.92. The average Bonchev–Trinajstić information content (AvgIpc) is 3.15. The molecule has 5 rings (SSSR count). The van der Waals surface area contributed by atoms with Crippen LogP contribution in [0.2, 0.25) is 0 Å². The first-order valence-electron chi connectivity index (χ1n) is 19.1. The number of benzene rings is 4. The molecule has 292 valence electrons. The summed E-state index contributed by atoms with van der Waals surface area (Å²) >= 11 is 0. The van der Waals surface area contributed by atoms with Gasteiger partial charge in [0.1, 0.15) is 0 Å². The van der Waals surface area contributed by atoms with Crippen molar-refractivity contribution in [3.05, 3.63) is 107 Å². The minimum Gasteiger partial charge on any atom is -0.388 e. The van der Waals surface area contributed by atoms with Crippen LogP contribution in [0, 0.1) is 24.7 Å². The quantitative estimate of drug-likeness (QED) is 0.0776. The standard InChI is InChI=1S/C15H18N2.C12H26N2.2C9H14N2/c1-16-14-7-3-12(4-8-14)11-13-5-9-15(17-2)10-6-13;1-11(2)6-10(14-5)7-12(3,8-11)9-13-4;1-7-4-5-8(10-2)6-9(7)11-3;1-7-8(10-2)5-4-6-9(7)11-3/h3-10,16-17H,11H2,1-2H3;10,13-14H,6-9H2,1-5H3;2*4-6,10-11H,1-3H3. The van der Waals surface area contributed by atoms with E-state index < -0.39 is 0 Å². The Bertz CT molecular complexity index is 1530. The Morgan fingerprint density at radius 2 is 1.02 bits per heavy atom. The van der Waals surface area contributed by atoms with Gasteiger partial charge in [0.2, 0.25) is 0 Å². The fourth-order valence-corrected chi connectivity index (χ4v) is 7.44. The molecule has 2 atom stereocenters. The highest BCUT2D eigenvalue weighted by atomic mass is 14.9. The van der Waals surface area contributed by atoms with E-state index in [1.165, 1.54) is 58.6 Å². The maximum absolute atomic E-state index is 3.45. The topological polar surface area (TPSA) is 96.2 Å². The van der Waals surface area contributed by atoms with Gasteiger partial charge in [-0.15, -0.1) is 0 Å². The lowest BCUT2D eigenvalue weighted by Gasteiger charge is -2.46. The Morgan fingerprint density at radius 3 is 1.43 bits per heavy atom. The zero-order valence-electron chi connectivity index (χ0n) is 35.2. The van der Waals surface area contributed by atoms with Gasteiger partial charge in [0.25, 0.3) is 0 Å². The third-order valence-corrected chi connectivity index (χ3v) is 10.0. The fraction of sp³-hybridized carbons (Fsp3) is 0.467. The molecule has 1 saturated carbocycles. The van der Waals surface area contributed by atoms with Gasteiger partial charge >= 0.3 is 0 Å². The molecule has 0 heterocycles. The highest BCUT2D eigenvalue weighted by molar-refractivity contribution is 5.64. The van der Waals surface area contributed by atoms with E-state index in [-0.39, 0.29) is 0 Å². The van der Waals surface area contributed by atoms with Crippen molar-refractivity contribution < 1.29 is 0 Å². The van der Waals surface area contributed by atoms with Crippen LogP contribution in [-0.4, -0.2) is 69.0 Å². The van der Waals surface area contributed by atoms with Crippen LogP contribution < -0.4 is 42.5 Å². The predicted molar refractivity (Wildman–Crippen MR) is 238 cm³/mol. The molecule has 0 saturated heterocycles. The summed E-state index contributed by atoms with van der Waals surface area (Å²) in [4.78, 5) is 0. The number of hydrogen-bond donors (Lipinski definition) is 8. The lowest BCUT2D eigenvalue weighted by Crippen LogP contribution is -2.47. The molecular weight excluding hydrogens is 653 g/mol. The summed E-state index contributed by atoms with van der Waals surface area (Å²) in [5.41, 5.74) is 13.1. The third kappa shape index (κ3) is 15.2. The van der Waals surface area contributed by atoms with E-state index in [1.54, 1.807) is 0 Å².